The number of hydrogen-bond donors (Lipinski definition) is 1. The fourth-order valence-corrected chi connectivity index (χ4v) is 2.50. The highest BCUT2D eigenvalue weighted by Crippen LogP contribution is 2.35. The zero-order valence-corrected chi connectivity index (χ0v) is 10.9. The van der Waals surface area contributed by atoms with Crippen molar-refractivity contribution in [2.45, 2.75) is 25.4 Å². The highest BCUT2D eigenvalue weighted by Gasteiger charge is 2.41. The van der Waals surface area contributed by atoms with E-state index in [4.69, 9.17) is 5.11 Å². The summed E-state index contributed by atoms with van der Waals surface area (Å²) in [5.74, 6) is -2.14. The molecule has 1 aromatic rings. The molecule has 3 nitrogen and oxygen atoms in total. The van der Waals surface area contributed by atoms with Gasteiger partial charge in [0.2, 0.25) is 0 Å². The van der Waals surface area contributed by atoms with E-state index in [1.165, 1.54) is 0 Å². The molecular formula is C14H16F3NO2. The maximum absolute atomic E-state index is 12.6. The third-order valence-electron chi connectivity index (χ3n) is 3.59. The first kappa shape index (κ1) is 14.7. The van der Waals surface area contributed by atoms with Crippen LogP contribution in [0.3, 0.4) is 0 Å². The van der Waals surface area contributed by atoms with Crippen LogP contribution in [0.15, 0.2) is 24.3 Å². The molecular weight excluding hydrogens is 271 g/mol. The first-order valence-electron chi connectivity index (χ1n) is 6.48. The standard InChI is InChI=1S/C14H16F3NO2/c15-14(16,17)11-4-6-18(7-5-11)12-3-1-2-10(8-12)9-13(19)20/h1-3,8,11H,4-7,9H2,(H,19,20). The lowest BCUT2D eigenvalue weighted by molar-refractivity contribution is -0.179. The van der Waals surface area contributed by atoms with Crippen molar-refractivity contribution in [3.63, 3.8) is 0 Å². The Morgan fingerprint density at radius 1 is 1.30 bits per heavy atom. The molecule has 0 radical (unpaired) electrons. The van der Waals surface area contributed by atoms with Gasteiger partial charge >= 0.3 is 12.1 Å². The van der Waals surface area contributed by atoms with Crippen molar-refractivity contribution in [3.8, 4) is 0 Å². The molecule has 1 N–H and O–H groups in total. The fourth-order valence-electron chi connectivity index (χ4n) is 2.50. The highest BCUT2D eigenvalue weighted by atomic mass is 19.4. The van der Waals surface area contributed by atoms with E-state index in [9.17, 15) is 18.0 Å². The van der Waals surface area contributed by atoms with Crippen LogP contribution in [0.1, 0.15) is 18.4 Å². The number of piperidine rings is 1. The number of carboxylic acids is 1. The van der Waals surface area contributed by atoms with Gasteiger partial charge in [0.25, 0.3) is 0 Å². The monoisotopic (exact) mass is 287 g/mol. The predicted molar refractivity (Wildman–Crippen MR) is 68.8 cm³/mol. The molecule has 1 heterocycles. The lowest BCUT2D eigenvalue weighted by Crippen LogP contribution is -2.39. The topological polar surface area (TPSA) is 40.5 Å². The largest absolute Gasteiger partial charge is 0.481 e. The molecule has 0 spiro atoms. The van der Waals surface area contributed by atoms with Gasteiger partial charge in [-0.25, -0.2) is 0 Å². The van der Waals surface area contributed by atoms with Crippen molar-refractivity contribution >= 4 is 11.7 Å². The lowest BCUT2D eigenvalue weighted by atomic mass is 9.95. The Kier molecular flexibility index (Phi) is 4.20. The summed E-state index contributed by atoms with van der Waals surface area (Å²) in [5, 5.41) is 8.75. The third kappa shape index (κ3) is 3.65. The van der Waals surface area contributed by atoms with E-state index < -0.39 is 18.1 Å². The summed E-state index contributed by atoms with van der Waals surface area (Å²) in [6.45, 7) is 0.696. The van der Waals surface area contributed by atoms with E-state index in [2.05, 4.69) is 0 Å². The molecule has 2 rings (SSSR count). The molecule has 1 saturated heterocycles. The van der Waals surface area contributed by atoms with E-state index in [0.717, 1.165) is 5.69 Å². The molecule has 0 aromatic heterocycles. The molecule has 0 aliphatic carbocycles. The summed E-state index contributed by atoms with van der Waals surface area (Å²) in [7, 11) is 0. The van der Waals surface area contributed by atoms with E-state index in [1.54, 1.807) is 24.3 Å². The lowest BCUT2D eigenvalue weighted by Gasteiger charge is -2.34. The van der Waals surface area contributed by atoms with Gasteiger partial charge in [-0.15, -0.1) is 0 Å². The number of hydrogen-bond acceptors (Lipinski definition) is 2. The summed E-state index contributed by atoms with van der Waals surface area (Å²) < 4.78 is 37.8. The van der Waals surface area contributed by atoms with Crippen LogP contribution in [0.4, 0.5) is 18.9 Å². The van der Waals surface area contributed by atoms with Gasteiger partial charge in [-0.3, -0.25) is 4.79 Å². The van der Waals surface area contributed by atoms with Crippen LogP contribution in [-0.2, 0) is 11.2 Å². The Hall–Kier alpha value is -1.72. The molecule has 20 heavy (non-hydrogen) atoms. The molecule has 6 heteroatoms. The Balaban J connectivity index is 2.02. The predicted octanol–water partition coefficient (Wildman–Crippen LogP) is 3.09. The van der Waals surface area contributed by atoms with Gasteiger partial charge in [-0.2, -0.15) is 13.2 Å². The summed E-state index contributed by atoms with van der Waals surface area (Å²) in [5.41, 5.74) is 1.46. The van der Waals surface area contributed by atoms with Crippen LogP contribution in [0.25, 0.3) is 0 Å². The second-order valence-electron chi connectivity index (χ2n) is 5.04. The van der Waals surface area contributed by atoms with Gasteiger partial charge < -0.3 is 10.0 Å². The molecule has 0 amide bonds. The van der Waals surface area contributed by atoms with Gasteiger partial charge in [0.05, 0.1) is 12.3 Å². The minimum absolute atomic E-state index is 0.0765. The molecule has 0 atom stereocenters. The molecule has 0 bridgehead atoms. The number of nitrogens with zero attached hydrogens (tertiary/aromatic N) is 1. The Morgan fingerprint density at radius 3 is 2.50 bits per heavy atom. The minimum Gasteiger partial charge on any atom is -0.481 e. The minimum atomic E-state index is -4.11. The van der Waals surface area contributed by atoms with Crippen LogP contribution >= 0.6 is 0 Å². The quantitative estimate of drug-likeness (QED) is 0.928. The number of rotatable bonds is 3. The second-order valence-corrected chi connectivity index (χ2v) is 5.04. The molecule has 1 fully saturated rings. The van der Waals surface area contributed by atoms with Gasteiger partial charge in [0.15, 0.2) is 0 Å². The van der Waals surface area contributed by atoms with Crippen LogP contribution in [0, 0.1) is 5.92 Å². The van der Waals surface area contributed by atoms with Crippen molar-refractivity contribution in [2.75, 3.05) is 18.0 Å². The first-order chi connectivity index (χ1) is 9.36. The number of carbonyl (C=O) groups is 1. The highest BCUT2D eigenvalue weighted by molar-refractivity contribution is 5.70. The normalized spacial score (nSPS) is 17.2. The number of halogens is 3. The average Bonchev–Trinajstić information content (AvgIpc) is 2.37. The van der Waals surface area contributed by atoms with Crippen molar-refractivity contribution < 1.29 is 23.1 Å². The van der Waals surface area contributed by atoms with Gasteiger partial charge in [-0.1, -0.05) is 12.1 Å². The van der Waals surface area contributed by atoms with Crippen molar-refractivity contribution in [1.82, 2.24) is 0 Å². The van der Waals surface area contributed by atoms with Crippen molar-refractivity contribution in [3.05, 3.63) is 29.8 Å². The average molecular weight is 287 g/mol. The van der Waals surface area contributed by atoms with Crippen molar-refractivity contribution in [2.24, 2.45) is 5.92 Å². The van der Waals surface area contributed by atoms with E-state index in [0.29, 0.717) is 18.7 Å². The maximum atomic E-state index is 12.6. The molecule has 110 valence electrons. The number of alkyl halides is 3. The zero-order valence-electron chi connectivity index (χ0n) is 10.9. The Labute approximate surface area is 115 Å². The summed E-state index contributed by atoms with van der Waals surface area (Å²) >= 11 is 0. The molecule has 1 aliphatic rings. The maximum Gasteiger partial charge on any atom is 0.391 e. The summed E-state index contributed by atoms with van der Waals surface area (Å²) in [6, 6.07) is 6.99. The molecule has 0 unspecified atom stereocenters. The van der Waals surface area contributed by atoms with Crippen LogP contribution in [-0.4, -0.2) is 30.3 Å². The van der Waals surface area contributed by atoms with Crippen molar-refractivity contribution in [1.29, 1.82) is 0 Å². The van der Waals surface area contributed by atoms with Gasteiger partial charge in [0, 0.05) is 18.8 Å². The van der Waals surface area contributed by atoms with Gasteiger partial charge in [0.1, 0.15) is 0 Å². The number of aliphatic carboxylic acids is 1. The van der Waals surface area contributed by atoms with Crippen LogP contribution in [0.5, 0.6) is 0 Å². The summed E-state index contributed by atoms with van der Waals surface area (Å²) in [4.78, 5) is 12.6. The Morgan fingerprint density at radius 2 is 1.95 bits per heavy atom. The third-order valence-corrected chi connectivity index (χ3v) is 3.59. The van der Waals surface area contributed by atoms with Gasteiger partial charge in [-0.05, 0) is 30.5 Å². The Bertz CT molecular complexity index is 480. The SMILES string of the molecule is O=C(O)Cc1cccc(N2CCC(C(F)(F)F)CC2)c1. The second kappa shape index (κ2) is 5.73. The number of benzene rings is 1. The summed E-state index contributed by atoms with van der Waals surface area (Å²) in [6.07, 6.45) is -4.01. The van der Waals surface area contributed by atoms with Crippen LogP contribution < -0.4 is 4.90 Å². The zero-order chi connectivity index (χ0) is 14.8. The molecule has 1 aliphatic heterocycles. The number of carboxylic acid groups (broad SMARTS) is 1. The number of anilines is 1. The van der Waals surface area contributed by atoms with Crippen LogP contribution in [0.2, 0.25) is 0 Å². The molecule has 0 saturated carbocycles. The van der Waals surface area contributed by atoms with E-state index >= 15 is 0 Å². The molecule has 1 aromatic carbocycles. The fraction of sp³-hybridized carbons (Fsp3) is 0.500. The first-order valence-corrected chi connectivity index (χ1v) is 6.48. The van der Waals surface area contributed by atoms with E-state index in [1.807, 2.05) is 4.90 Å². The smallest absolute Gasteiger partial charge is 0.391 e. The van der Waals surface area contributed by atoms with E-state index in [-0.39, 0.29) is 19.3 Å².